The minimum atomic E-state index is -0.400. The summed E-state index contributed by atoms with van der Waals surface area (Å²) >= 11 is 9.49. The third-order valence-electron chi connectivity index (χ3n) is 5.48. The van der Waals surface area contributed by atoms with E-state index in [2.05, 4.69) is 21.2 Å². The molecule has 1 N–H and O–H groups in total. The first-order valence-corrected chi connectivity index (χ1v) is 9.33. The Labute approximate surface area is 158 Å². The molecule has 5 nitrogen and oxygen atoms in total. The smallest absolute Gasteiger partial charge is 0.244 e. The third kappa shape index (κ3) is 2.54. The molecule has 2 aliphatic carbocycles. The van der Waals surface area contributed by atoms with E-state index in [1.165, 1.54) is 0 Å². The van der Waals surface area contributed by atoms with Crippen LogP contribution in [0.3, 0.4) is 0 Å². The molecule has 0 aromatic heterocycles. The van der Waals surface area contributed by atoms with Gasteiger partial charge in [0, 0.05) is 10.2 Å². The molecule has 1 aliphatic heterocycles. The summed E-state index contributed by atoms with van der Waals surface area (Å²) in [7, 11) is 0. The maximum atomic E-state index is 12.6. The molecular weight excluding hydrogens is 408 g/mol. The maximum absolute atomic E-state index is 12.6. The van der Waals surface area contributed by atoms with E-state index in [1.54, 1.807) is 19.1 Å². The van der Waals surface area contributed by atoms with Crippen LogP contribution in [0.4, 0.5) is 5.69 Å². The van der Waals surface area contributed by atoms with Crippen molar-refractivity contribution in [1.82, 2.24) is 4.90 Å². The predicted octanol–water partition coefficient (Wildman–Crippen LogP) is 3.16. The van der Waals surface area contributed by atoms with Crippen molar-refractivity contribution in [2.75, 3.05) is 11.9 Å². The number of amides is 3. The van der Waals surface area contributed by atoms with Gasteiger partial charge in [-0.15, -0.1) is 0 Å². The number of rotatable bonds is 3. The molecule has 3 aliphatic rings. The molecule has 4 atom stereocenters. The Morgan fingerprint density at radius 3 is 2.44 bits per heavy atom. The van der Waals surface area contributed by atoms with Crippen LogP contribution < -0.4 is 5.32 Å². The van der Waals surface area contributed by atoms with E-state index in [0.29, 0.717) is 10.7 Å². The van der Waals surface area contributed by atoms with Gasteiger partial charge in [-0.25, -0.2) is 0 Å². The molecular formula is C18H16BrClN2O3. The van der Waals surface area contributed by atoms with E-state index in [-0.39, 0.29) is 42.0 Å². The highest BCUT2D eigenvalue weighted by atomic mass is 79.9. The van der Waals surface area contributed by atoms with Gasteiger partial charge in [-0.05, 0) is 58.8 Å². The average molecular weight is 424 g/mol. The van der Waals surface area contributed by atoms with Gasteiger partial charge in [-0.2, -0.15) is 0 Å². The van der Waals surface area contributed by atoms with E-state index >= 15 is 0 Å². The Balaban J connectivity index is 1.48. The maximum Gasteiger partial charge on any atom is 0.244 e. The zero-order valence-corrected chi connectivity index (χ0v) is 15.8. The fourth-order valence-corrected chi connectivity index (χ4v) is 4.84. The van der Waals surface area contributed by atoms with Gasteiger partial charge < -0.3 is 5.32 Å². The molecule has 1 aromatic rings. The summed E-state index contributed by atoms with van der Waals surface area (Å²) in [4.78, 5) is 38.7. The lowest BCUT2D eigenvalue weighted by atomic mass is 9.85. The number of hydrogen-bond acceptors (Lipinski definition) is 3. The molecule has 1 saturated heterocycles. The van der Waals surface area contributed by atoms with Crippen LogP contribution in [0.2, 0.25) is 5.02 Å². The first-order valence-electron chi connectivity index (χ1n) is 8.16. The molecule has 130 valence electrons. The van der Waals surface area contributed by atoms with Crippen LogP contribution in [0.15, 0.2) is 28.8 Å². The molecule has 0 unspecified atom stereocenters. The van der Waals surface area contributed by atoms with Crippen LogP contribution in [0, 0.1) is 30.6 Å². The number of allylic oxidation sites excluding steroid dienone is 2. The highest BCUT2D eigenvalue weighted by Crippen LogP contribution is 2.52. The van der Waals surface area contributed by atoms with Crippen LogP contribution in [-0.4, -0.2) is 29.2 Å². The molecule has 4 rings (SSSR count). The second-order valence-electron chi connectivity index (χ2n) is 6.84. The fourth-order valence-electron chi connectivity index (χ4n) is 4.24. The average Bonchev–Trinajstić information content (AvgIpc) is 3.25. The summed E-state index contributed by atoms with van der Waals surface area (Å²) in [6.07, 6.45) is 4.95. The van der Waals surface area contributed by atoms with E-state index in [0.717, 1.165) is 21.4 Å². The molecule has 7 heteroatoms. The van der Waals surface area contributed by atoms with Gasteiger partial charge in [0.1, 0.15) is 6.54 Å². The van der Waals surface area contributed by atoms with Gasteiger partial charge in [0.05, 0.1) is 16.9 Å². The fraction of sp³-hybridized carbons (Fsp3) is 0.389. The number of nitrogens with zero attached hydrogens (tertiary/aromatic N) is 1. The van der Waals surface area contributed by atoms with E-state index in [1.807, 2.05) is 12.2 Å². The molecule has 1 saturated carbocycles. The van der Waals surface area contributed by atoms with Crippen molar-refractivity contribution in [1.29, 1.82) is 0 Å². The van der Waals surface area contributed by atoms with Crippen LogP contribution >= 0.6 is 27.5 Å². The molecule has 1 aromatic carbocycles. The number of anilines is 1. The van der Waals surface area contributed by atoms with Crippen molar-refractivity contribution >= 4 is 50.9 Å². The van der Waals surface area contributed by atoms with Crippen molar-refractivity contribution in [3.8, 4) is 0 Å². The van der Waals surface area contributed by atoms with E-state index in [9.17, 15) is 14.4 Å². The van der Waals surface area contributed by atoms with Gasteiger partial charge in [0.25, 0.3) is 0 Å². The van der Waals surface area contributed by atoms with Gasteiger partial charge in [0.15, 0.2) is 0 Å². The largest absolute Gasteiger partial charge is 0.324 e. The van der Waals surface area contributed by atoms with Gasteiger partial charge >= 0.3 is 0 Å². The van der Waals surface area contributed by atoms with Crippen molar-refractivity contribution < 1.29 is 14.4 Å². The summed E-state index contributed by atoms with van der Waals surface area (Å²) < 4.78 is 0.741. The van der Waals surface area contributed by atoms with E-state index in [4.69, 9.17) is 11.6 Å². The van der Waals surface area contributed by atoms with Crippen LogP contribution in [0.1, 0.15) is 12.0 Å². The number of halogens is 2. The number of benzene rings is 1. The van der Waals surface area contributed by atoms with Gasteiger partial charge in [-0.1, -0.05) is 23.8 Å². The molecule has 25 heavy (non-hydrogen) atoms. The number of carbonyl (C=O) groups excluding carboxylic acids is 3. The Bertz CT molecular complexity index is 808. The van der Waals surface area contributed by atoms with Gasteiger partial charge in [0.2, 0.25) is 17.7 Å². The Morgan fingerprint density at radius 1 is 1.24 bits per heavy atom. The first-order chi connectivity index (χ1) is 11.9. The van der Waals surface area contributed by atoms with Crippen molar-refractivity contribution in [3.05, 3.63) is 39.3 Å². The van der Waals surface area contributed by atoms with Crippen molar-refractivity contribution in [2.24, 2.45) is 23.7 Å². The van der Waals surface area contributed by atoms with Crippen LogP contribution in [-0.2, 0) is 14.4 Å². The molecule has 0 spiro atoms. The van der Waals surface area contributed by atoms with Crippen LogP contribution in [0.5, 0.6) is 0 Å². The topological polar surface area (TPSA) is 66.5 Å². The molecule has 3 amide bonds. The summed E-state index contributed by atoms with van der Waals surface area (Å²) in [5.41, 5.74) is 1.29. The second kappa shape index (κ2) is 5.95. The summed E-state index contributed by atoms with van der Waals surface area (Å²) in [5, 5.41) is 3.26. The zero-order valence-electron chi connectivity index (χ0n) is 13.5. The second-order valence-corrected chi connectivity index (χ2v) is 8.08. The number of imide groups is 1. The number of likely N-dealkylation sites (tertiary alicyclic amines) is 1. The molecule has 1 heterocycles. The van der Waals surface area contributed by atoms with Gasteiger partial charge in [-0.3, -0.25) is 19.3 Å². The number of fused-ring (bicyclic) bond motifs is 5. The minimum Gasteiger partial charge on any atom is -0.324 e. The molecule has 2 bridgehead atoms. The SMILES string of the molecule is Cc1c(NC(=O)CN2C(=O)[C@@H]3[C@@H](C2=O)[C@H]2C=C[C@@H]3C2)ccc(Br)c1Cl. The normalized spacial score (nSPS) is 29.5. The lowest BCUT2D eigenvalue weighted by Crippen LogP contribution is -2.39. The van der Waals surface area contributed by atoms with Crippen molar-refractivity contribution in [2.45, 2.75) is 13.3 Å². The monoisotopic (exact) mass is 422 g/mol. The summed E-state index contributed by atoms with van der Waals surface area (Å²) in [6.45, 7) is 1.54. The highest BCUT2D eigenvalue weighted by Gasteiger charge is 2.59. The van der Waals surface area contributed by atoms with Crippen LogP contribution in [0.25, 0.3) is 0 Å². The predicted molar refractivity (Wildman–Crippen MR) is 97.0 cm³/mol. The van der Waals surface area contributed by atoms with E-state index < -0.39 is 5.91 Å². The number of hydrogen-bond donors (Lipinski definition) is 1. The highest BCUT2D eigenvalue weighted by molar-refractivity contribution is 9.10. The van der Waals surface area contributed by atoms with Crippen molar-refractivity contribution in [3.63, 3.8) is 0 Å². The first kappa shape index (κ1) is 16.8. The lowest BCUT2D eigenvalue weighted by molar-refractivity contribution is -0.143. The summed E-state index contributed by atoms with van der Waals surface area (Å²) in [5.74, 6) is -1.10. The third-order valence-corrected chi connectivity index (χ3v) is 6.85. The standard InChI is InChI=1S/C18H16BrClN2O3/c1-8-12(5-4-11(19)16(8)20)21-13(23)7-22-17(24)14-9-2-3-10(6-9)15(14)18(22)25/h2-5,9-10,14-15H,6-7H2,1H3,(H,21,23)/t9-,10+,14-,15-/m0/s1. The molecule has 0 radical (unpaired) electrons. The minimum absolute atomic E-state index is 0.145. The Morgan fingerprint density at radius 2 is 1.84 bits per heavy atom. The number of carbonyl (C=O) groups is 3. The summed E-state index contributed by atoms with van der Waals surface area (Å²) in [6, 6.07) is 3.47. The Hall–Kier alpha value is -1.66. The zero-order chi connectivity index (χ0) is 17.9. The lowest BCUT2D eigenvalue weighted by Gasteiger charge is -2.17. The molecule has 2 fully saturated rings. The number of nitrogens with one attached hydrogen (secondary N) is 1. The Kier molecular flexibility index (Phi) is 4.00. The quantitative estimate of drug-likeness (QED) is 0.600.